The van der Waals surface area contributed by atoms with Crippen LogP contribution in [0.3, 0.4) is 0 Å². The van der Waals surface area contributed by atoms with E-state index >= 15 is 0 Å². The summed E-state index contributed by atoms with van der Waals surface area (Å²) in [6.07, 6.45) is 0. The molecule has 5 heteroatoms. The Kier molecular flexibility index (Phi) is 5.10. The lowest BCUT2D eigenvalue weighted by molar-refractivity contribution is 0.301. The summed E-state index contributed by atoms with van der Waals surface area (Å²) >= 11 is 11.6. The molecule has 0 N–H and O–H groups in total. The summed E-state index contributed by atoms with van der Waals surface area (Å²) in [7, 11) is 1.58. The SMILES string of the molecule is COc1ccc(CCl)c(OCc2ccc(F)c(Cl)c2)c1. The summed E-state index contributed by atoms with van der Waals surface area (Å²) in [6.45, 7) is 0.275. The molecule has 2 nitrogen and oxygen atoms in total. The van der Waals surface area contributed by atoms with Crippen LogP contribution < -0.4 is 9.47 Å². The van der Waals surface area contributed by atoms with Gasteiger partial charge < -0.3 is 9.47 Å². The number of alkyl halides is 1. The zero-order chi connectivity index (χ0) is 14.5. The predicted octanol–water partition coefficient (Wildman–Crippen LogP) is 4.81. The maximum absolute atomic E-state index is 13.1. The summed E-state index contributed by atoms with van der Waals surface area (Å²) in [5, 5.41) is 0.0781. The Balaban J connectivity index is 2.15. The van der Waals surface area contributed by atoms with E-state index in [-0.39, 0.29) is 11.6 Å². The summed E-state index contributed by atoms with van der Waals surface area (Å²) in [5.41, 5.74) is 1.64. The van der Waals surface area contributed by atoms with Crippen LogP contribution in [0.5, 0.6) is 11.5 Å². The molecule has 2 aromatic carbocycles. The zero-order valence-corrected chi connectivity index (χ0v) is 12.3. The van der Waals surface area contributed by atoms with Crippen molar-refractivity contribution in [3.63, 3.8) is 0 Å². The Hall–Kier alpha value is -1.45. The van der Waals surface area contributed by atoms with Gasteiger partial charge in [-0.05, 0) is 23.8 Å². The highest BCUT2D eigenvalue weighted by atomic mass is 35.5. The molecule has 0 unspecified atom stereocenters. The van der Waals surface area contributed by atoms with E-state index < -0.39 is 5.82 Å². The summed E-state index contributed by atoms with van der Waals surface area (Å²) < 4.78 is 23.9. The lowest BCUT2D eigenvalue weighted by atomic mass is 10.2. The molecular weight excluding hydrogens is 302 g/mol. The van der Waals surface area contributed by atoms with Crippen molar-refractivity contribution in [1.29, 1.82) is 0 Å². The Morgan fingerprint density at radius 3 is 2.60 bits per heavy atom. The smallest absolute Gasteiger partial charge is 0.141 e. The molecule has 0 spiro atoms. The Morgan fingerprint density at radius 1 is 1.15 bits per heavy atom. The molecule has 0 radical (unpaired) electrons. The second-order valence-electron chi connectivity index (χ2n) is 4.14. The molecule has 0 saturated heterocycles. The molecule has 2 rings (SSSR count). The van der Waals surface area contributed by atoms with Crippen LogP contribution in [-0.2, 0) is 12.5 Å². The summed E-state index contributed by atoms with van der Waals surface area (Å²) in [6, 6.07) is 9.91. The first kappa shape index (κ1) is 14.9. The first-order chi connectivity index (χ1) is 9.63. The van der Waals surface area contributed by atoms with Gasteiger partial charge in [-0.2, -0.15) is 0 Å². The van der Waals surface area contributed by atoms with E-state index in [1.165, 1.54) is 12.1 Å². The molecule has 0 atom stereocenters. The molecule has 0 aliphatic heterocycles. The molecule has 20 heavy (non-hydrogen) atoms. The number of benzene rings is 2. The van der Waals surface area contributed by atoms with Crippen molar-refractivity contribution in [3.05, 3.63) is 58.4 Å². The summed E-state index contributed by atoms with van der Waals surface area (Å²) in [4.78, 5) is 0. The third kappa shape index (κ3) is 3.56. The lowest BCUT2D eigenvalue weighted by Gasteiger charge is -2.12. The number of hydrogen-bond acceptors (Lipinski definition) is 2. The number of hydrogen-bond donors (Lipinski definition) is 0. The summed E-state index contributed by atoms with van der Waals surface area (Å²) in [5.74, 6) is 1.22. The van der Waals surface area contributed by atoms with Crippen molar-refractivity contribution < 1.29 is 13.9 Å². The number of ether oxygens (including phenoxy) is 2. The van der Waals surface area contributed by atoms with Crippen LogP contribution in [-0.4, -0.2) is 7.11 Å². The fourth-order valence-corrected chi connectivity index (χ4v) is 2.12. The number of halogens is 3. The second kappa shape index (κ2) is 6.82. The fraction of sp³-hybridized carbons (Fsp3) is 0.200. The van der Waals surface area contributed by atoms with E-state index in [0.29, 0.717) is 17.4 Å². The van der Waals surface area contributed by atoms with Gasteiger partial charge in [0.25, 0.3) is 0 Å². The minimum Gasteiger partial charge on any atom is -0.497 e. The van der Waals surface area contributed by atoms with Gasteiger partial charge in [0.1, 0.15) is 23.9 Å². The Morgan fingerprint density at radius 2 is 1.95 bits per heavy atom. The van der Waals surface area contributed by atoms with Crippen LogP contribution in [0.2, 0.25) is 5.02 Å². The minimum absolute atomic E-state index is 0.0781. The second-order valence-corrected chi connectivity index (χ2v) is 4.82. The van der Waals surface area contributed by atoms with E-state index in [4.69, 9.17) is 32.7 Å². The highest BCUT2D eigenvalue weighted by Gasteiger charge is 2.07. The van der Waals surface area contributed by atoms with Crippen molar-refractivity contribution >= 4 is 23.2 Å². The van der Waals surface area contributed by atoms with Crippen LogP contribution in [0.1, 0.15) is 11.1 Å². The maximum Gasteiger partial charge on any atom is 0.141 e. The molecule has 0 aliphatic rings. The molecule has 0 aromatic heterocycles. The van der Waals surface area contributed by atoms with Gasteiger partial charge in [-0.15, -0.1) is 11.6 Å². The van der Waals surface area contributed by atoms with Gasteiger partial charge in [-0.25, -0.2) is 4.39 Å². The molecule has 0 saturated carbocycles. The first-order valence-corrected chi connectivity index (χ1v) is 6.85. The van der Waals surface area contributed by atoms with E-state index in [1.807, 2.05) is 12.1 Å². The molecule has 0 aliphatic carbocycles. The Bertz CT molecular complexity index is 602. The lowest BCUT2D eigenvalue weighted by Crippen LogP contribution is -1.99. The van der Waals surface area contributed by atoms with Crippen LogP contribution in [0.25, 0.3) is 0 Å². The molecule has 0 heterocycles. The third-order valence-electron chi connectivity index (χ3n) is 2.80. The highest BCUT2D eigenvalue weighted by molar-refractivity contribution is 6.30. The number of rotatable bonds is 5. The van der Waals surface area contributed by atoms with Gasteiger partial charge in [0, 0.05) is 11.6 Å². The monoisotopic (exact) mass is 314 g/mol. The topological polar surface area (TPSA) is 18.5 Å². The van der Waals surface area contributed by atoms with Crippen molar-refractivity contribution in [2.45, 2.75) is 12.5 Å². The molecule has 2 aromatic rings. The Labute approximate surface area is 127 Å². The van der Waals surface area contributed by atoms with Gasteiger partial charge in [-0.3, -0.25) is 0 Å². The van der Waals surface area contributed by atoms with Gasteiger partial charge in [-0.1, -0.05) is 23.7 Å². The normalized spacial score (nSPS) is 10.4. The van der Waals surface area contributed by atoms with Crippen LogP contribution in [0.4, 0.5) is 4.39 Å². The third-order valence-corrected chi connectivity index (χ3v) is 3.37. The first-order valence-electron chi connectivity index (χ1n) is 5.93. The molecule has 0 fully saturated rings. The van der Waals surface area contributed by atoms with Crippen molar-refractivity contribution in [2.24, 2.45) is 0 Å². The van der Waals surface area contributed by atoms with Crippen molar-refractivity contribution in [3.8, 4) is 11.5 Å². The van der Waals surface area contributed by atoms with E-state index in [1.54, 1.807) is 19.2 Å². The minimum atomic E-state index is -0.446. The molecule has 106 valence electrons. The average molecular weight is 315 g/mol. The van der Waals surface area contributed by atoms with E-state index in [0.717, 1.165) is 11.1 Å². The van der Waals surface area contributed by atoms with Gasteiger partial charge in [0.05, 0.1) is 18.0 Å². The molecular formula is C15H13Cl2FO2. The zero-order valence-electron chi connectivity index (χ0n) is 10.8. The van der Waals surface area contributed by atoms with Crippen molar-refractivity contribution in [2.75, 3.05) is 7.11 Å². The van der Waals surface area contributed by atoms with Crippen molar-refractivity contribution in [1.82, 2.24) is 0 Å². The van der Waals surface area contributed by atoms with E-state index in [2.05, 4.69) is 0 Å². The molecule has 0 amide bonds. The van der Waals surface area contributed by atoms with E-state index in [9.17, 15) is 4.39 Å². The van der Waals surface area contributed by atoms with Crippen LogP contribution >= 0.6 is 23.2 Å². The standard InChI is InChI=1S/C15H13Cl2FO2/c1-19-12-4-3-11(8-16)15(7-12)20-9-10-2-5-14(18)13(17)6-10/h2-7H,8-9H2,1H3. The average Bonchev–Trinajstić information content (AvgIpc) is 2.48. The highest BCUT2D eigenvalue weighted by Crippen LogP contribution is 2.27. The fourth-order valence-electron chi connectivity index (χ4n) is 1.70. The molecule has 0 bridgehead atoms. The number of methoxy groups -OCH3 is 1. The van der Waals surface area contributed by atoms with Gasteiger partial charge in [0.2, 0.25) is 0 Å². The largest absolute Gasteiger partial charge is 0.497 e. The quantitative estimate of drug-likeness (QED) is 0.738. The van der Waals surface area contributed by atoms with Crippen LogP contribution in [0, 0.1) is 5.82 Å². The maximum atomic E-state index is 13.1. The van der Waals surface area contributed by atoms with Crippen LogP contribution in [0.15, 0.2) is 36.4 Å². The predicted molar refractivity (Wildman–Crippen MR) is 78.3 cm³/mol. The van der Waals surface area contributed by atoms with Gasteiger partial charge in [0.15, 0.2) is 0 Å². The van der Waals surface area contributed by atoms with Gasteiger partial charge >= 0.3 is 0 Å².